The van der Waals surface area contributed by atoms with E-state index >= 15 is 0 Å². The second-order valence-electron chi connectivity index (χ2n) is 6.01. The molecule has 0 radical (unpaired) electrons. The van der Waals surface area contributed by atoms with Gasteiger partial charge in [-0.2, -0.15) is 0 Å². The lowest BCUT2D eigenvalue weighted by molar-refractivity contribution is 0.242. The van der Waals surface area contributed by atoms with Crippen LogP contribution in [-0.2, 0) is 6.54 Å². The number of benzene rings is 2. The molecule has 4 nitrogen and oxygen atoms in total. The maximum absolute atomic E-state index is 5.66. The number of nitrogens with one attached hydrogen (secondary N) is 2. The van der Waals surface area contributed by atoms with Crippen molar-refractivity contribution in [3.63, 3.8) is 0 Å². The molecule has 0 saturated heterocycles. The maximum atomic E-state index is 5.66. The van der Waals surface area contributed by atoms with Gasteiger partial charge in [0.15, 0.2) is 5.96 Å². The molecule has 2 N–H and O–H groups in total. The number of rotatable bonds is 6. The second kappa shape index (κ2) is 8.96. The van der Waals surface area contributed by atoms with E-state index in [0.717, 1.165) is 11.7 Å². The zero-order valence-corrected chi connectivity index (χ0v) is 14.9. The van der Waals surface area contributed by atoms with Gasteiger partial charge < -0.3 is 15.4 Å². The summed E-state index contributed by atoms with van der Waals surface area (Å²) in [6.07, 6.45) is 0.191. The first-order valence-corrected chi connectivity index (χ1v) is 8.36. The summed E-state index contributed by atoms with van der Waals surface area (Å²) in [7, 11) is 1.78. The zero-order chi connectivity index (χ0) is 17.4. The van der Waals surface area contributed by atoms with Gasteiger partial charge in [-0.05, 0) is 44.0 Å². The number of nitrogens with zero attached hydrogens (tertiary/aromatic N) is 1. The van der Waals surface area contributed by atoms with E-state index in [-0.39, 0.29) is 12.1 Å². The summed E-state index contributed by atoms with van der Waals surface area (Å²) in [4.78, 5) is 4.30. The monoisotopic (exact) mass is 325 g/mol. The highest BCUT2D eigenvalue weighted by Crippen LogP contribution is 2.14. The van der Waals surface area contributed by atoms with Crippen LogP contribution in [0.3, 0.4) is 0 Å². The van der Waals surface area contributed by atoms with Crippen molar-refractivity contribution < 1.29 is 4.74 Å². The van der Waals surface area contributed by atoms with Crippen molar-refractivity contribution >= 4 is 5.96 Å². The molecular formula is C20H27N3O. The van der Waals surface area contributed by atoms with Crippen molar-refractivity contribution in [1.82, 2.24) is 10.6 Å². The second-order valence-corrected chi connectivity index (χ2v) is 6.01. The lowest BCUT2D eigenvalue weighted by Crippen LogP contribution is -2.38. The fourth-order valence-electron chi connectivity index (χ4n) is 2.37. The Morgan fingerprint density at radius 2 is 1.67 bits per heavy atom. The van der Waals surface area contributed by atoms with Gasteiger partial charge in [-0.15, -0.1) is 0 Å². The average Bonchev–Trinajstić information content (AvgIpc) is 2.60. The van der Waals surface area contributed by atoms with Crippen molar-refractivity contribution in [3.05, 3.63) is 65.7 Å². The molecule has 0 saturated carbocycles. The van der Waals surface area contributed by atoms with E-state index in [0.29, 0.717) is 6.54 Å². The minimum Gasteiger partial charge on any atom is -0.491 e. The highest BCUT2D eigenvalue weighted by atomic mass is 16.5. The molecule has 0 spiro atoms. The topological polar surface area (TPSA) is 45.7 Å². The number of ether oxygens (including phenoxy) is 1. The summed E-state index contributed by atoms with van der Waals surface area (Å²) in [5.74, 6) is 1.68. The van der Waals surface area contributed by atoms with E-state index in [1.54, 1.807) is 7.05 Å². The summed E-state index contributed by atoms with van der Waals surface area (Å²) in [6.45, 7) is 6.89. The Bertz CT molecular complexity index is 636. The average molecular weight is 325 g/mol. The molecule has 128 valence electrons. The first-order valence-electron chi connectivity index (χ1n) is 8.36. The standard InChI is InChI=1S/C20H27N3O/c1-15(2)24-19-12-10-17(11-13-19)14-22-20(21-4)23-16(3)18-8-6-5-7-9-18/h5-13,15-16H,14H2,1-4H3,(H2,21,22,23). The van der Waals surface area contributed by atoms with Crippen LogP contribution in [0.1, 0.15) is 37.9 Å². The van der Waals surface area contributed by atoms with Crippen LogP contribution in [0.2, 0.25) is 0 Å². The number of hydrogen-bond donors (Lipinski definition) is 2. The Kier molecular flexibility index (Phi) is 6.67. The van der Waals surface area contributed by atoms with Gasteiger partial charge in [0.05, 0.1) is 12.1 Å². The third-order valence-corrected chi connectivity index (χ3v) is 3.63. The molecular weight excluding hydrogens is 298 g/mol. The van der Waals surface area contributed by atoms with Crippen molar-refractivity contribution in [2.45, 2.75) is 39.5 Å². The number of aliphatic imine (C=N–C) groups is 1. The van der Waals surface area contributed by atoms with Gasteiger partial charge in [-0.25, -0.2) is 0 Å². The molecule has 1 atom stereocenters. The molecule has 0 aliphatic carbocycles. The smallest absolute Gasteiger partial charge is 0.191 e. The van der Waals surface area contributed by atoms with Crippen molar-refractivity contribution in [3.8, 4) is 5.75 Å². The van der Waals surface area contributed by atoms with Gasteiger partial charge in [0.2, 0.25) is 0 Å². The van der Waals surface area contributed by atoms with Crippen LogP contribution >= 0.6 is 0 Å². The van der Waals surface area contributed by atoms with Gasteiger partial charge in [-0.1, -0.05) is 42.5 Å². The molecule has 0 heterocycles. The van der Waals surface area contributed by atoms with E-state index < -0.39 is 0 Å². The molecule has 0 aliphatic rings. The Balaban J connectivity index is 1.87. The predicted octanol–water partition coefficient (Wildman–Crippen LogP) is 3.90. The largest absolute Gasteiger partial charge is 0.491 e. The summed E-state index contributed by atoms with van der Waals surface area (Å²) in [5, 5.41) is 6.75. The molecule has 0 bridgehead atoms. The Morgan fingerprint density at radius 1 is 1.00 bits per heavy atom. The van der Waals surface area contributed by atoms with Gasteiger partial charge in [-0.3, -0.25) is 4.99 Å². The summed E-state index contributed by atoms with van der Waals surface area (Å²) in [5.41, 5.74) is 2.41. The molecule has 2 aromatic carbocycles. The first kappa shape index (κ1) is 17.9. The van der Waals surface area contributed by atoms with Gasteiger partial charge in [0.25, 0.3) is 0 Å². The van der Waals surface area contributed by atoms with E-state index in [1.807, 2.05) is 44.2 Å². The highest BCUT2D eigenvalue weighted by Gasteiger charge is 2.07. The number of hydrogen-bond acceptors (Lipinski definition) is 2. The molecule has 24 heavy (non-hydrogen) atoms. The molecule has 0 fully saturated rings. The molecule has 0 aliphatic heterocycles. The van der Waals surface area contributed by atoms with E-state index in [4.69, 9.17) is 4.74 Å². The van der Waals surface area contributed by atoms with Crippen LogP contribution in [0.4, 0.5) is 0 Å². The third-order valence-electron chi connectivity index (χ3n) is 3.63. The normalized spacial score (nSPS) is 12.8. The third kappa shape index (κ3) is 5.61. The van der Waals surface area contributed by atoms with E-state index in [9.17, 15) is 0 Å². The quantitative estimate of drug-likeness (QED) is 0.625. The molecule has 2 rings (SSSR count). The van der Waals surface area contributed by atoms with Crippen LogP contribution in [0, 0.1) is 0 Å². The first-order chi connectivity index (χ1) is 11.6. The van der Waals surface area contributed by atoms with E-state index in [1.165, 1.54) is 11.1 Å². The van der Waals surface area contributed by atoms with E-state index in [2.05, 4.69) is 46.8 Å². The van der Waals surface area contributed by atoms with Crippen molar-refractivity contribution in [2.75, 3.05) is 7.05 Å². The minimum absolute atomic E-state index is 0.191. The van der Waals surface area contributed by atoms with Gasteiger partial charge >= 0.3 is 0 Å². The maximum Gasteiger partial charge on any atom is 0.191 e. The van der Waals surface area contributed by atoms with Gasteiger partial charge in [0.1, 0.15) is 5.75 Å². The van der Waals surface area contributed by atoms with Gasteiger partial charge in [0, 0.05) is 13.6 Å². The zero-order valence-electron chi connectivity index (χ0n) is 14.9. The molecule has 2 aromatic rings. The Labute approximate surface area is 145 Å². The predicted molar refractivity (Wildman–Crippen MR) is 100 cm³/mol. The molecule has 1 unspecified atom stereocenters. The van der Waals surface area contributed by atoms with Crippen LogP contribution in [-0.4, -0.2) is 19.1 Å². The summed E-state index contributed by atoms with van der Waals surface area (Å²) in [6, 6.07) is 18.7. The summed E-state index contributed by atoms with van der Waals surface area (Å²) < 4.78 is 5.66. The summed E-state index contributed by atoms with van der Waals surface area (Å²) >= 11 is 0. The van der Waals surface area contributed by atoms with Crippen LogP contribution in [0.25, 0.3) is 0 Å². The lowest BCUT2D eigenvalue weighted by atomic mass is 10.1. The fraction of sp³-hybridized carbons (Fsp3) is 0.350. The fourth-order valence-corrected chi connectivity index (χ4v) is 2.37. The minimum atomic E-state index is 0.191. The molecule has 0 amide bonds. The van der Waals surface area contributed by atoms with Crippen molar-refractivity contribution in [1.29, 1.82) is 0 Å². The van der Waals surface area contributed by atoms with Crippen LogP contribution < -0.4 is 15.4 Å². The Morgan fingerprint density at radius 3 is 2.25 bits per heavy atom. The lowest BCUT2D eigenvalue weighted by Gasteiger charge is -2.18. The Hall–Kier alpha value is -2.49. The van der Waals surface area contributed by atoms with Crippen LogP contribution in [0.5, 0.6) is 5.75 Å². The van der Waals surface area contributed by atoms with Crippen LogP contribution in [0.15, 0.2) is 59.6 Å². The van der Waals surface area contributed by atoms with Crippen molar-refractivity contribution in [2.24, 2.45) is 4.99 Å². The SMILES string of the molecule is CN=C(NCc1ccc(OC(C)C)cc1)NC(C)c1ccccc1. The highest BCUT2D eigenvalue weighted by molar-refractivity contribution is 5.80. The molecule has 4 heteroatoms. The molecule has 0 aromatic heterocycles. The number of guanidine groups is 1.